The van der Waals surface area contributed by atoms with Gasteiger partial charge in [0.1, 0.15) is 5.82 Å². The molecule has 2 aromatic heterocycles. The molecule has 0 saturated heterocycles. The number of nitrogens with zero attached hydrogens (tertiary/aromatic N) is 5. The van der Waals surface area contributed by atoms with Crippen LogP contribution in [0.2, 0.25) is 0 Å². The van der Waals surface area contributed by atoms with E-state index in [1.54, 1.807) is 0 Å². The topological polar surface area (TPSA) is 48.5 Å². The number of rotatable bonds is 3. The van der Waals surface area contributed by atoms with Crippen LogP contribution in [0.15, 0.2) is 6.20 Å². The van der Waals surface area contributed by atoms with Gasteiger partial charge >= 0.3 is 0 Å². The molecule has 0 amide bonds. The van der Waals surface area contributed by atoms with Gasteiger partial charge in [0.05, 0.1) is 16.5 Å². The van der Waals surface area contributed by atoms with Crippen LogP contribution in [-0.4, -0.2) is 30.3 Å². The van der Waals surface area contributed by atoms with Crippen molar-refractivity contribution in [3.8, 4) is 11.4 Å². The fourth-order valence-electron chi connectivity index (χ4n) is 2.53. The Morgan fingerprint density at radius 2 is 2.21 bits per heavy atom. The zero-order chi connectivity index (χ0) is 13.4. The van der Waals surface area contributed by atoms with Crippen molar-refractivity contribution < 1.29 is 0 Å². The molecule has 3 heterocycles. The highest BCUT2D eigenvalue weighted by Crippen LogP contribution is 2.37. The number of fused-ring (bicyclic) bond motifs is 1. The lowest BCUT2D eigenvalue weighted by Gasteiger charge is -2.21. The molecule has 0 saturated carbocycles. The first kappa shape index (κ1) is 12.7. The standard InChI is InChI=1S/C13H19N5S/c1-4-11-13-15-14-12(18(13)6-7-19-11)10-8-17(5-2)16-9(10)3/h8,11H,4-7H2,1-3H3. The van der Waals surface area contributed by atoms with E-state index in [0.29, 0.717) is 5.25 Å². The average Bonchev–Trinajstić information content (AvgIpc) is 3.01. The lowest BCUT2D eigenvalue weighted by atomic mass is 10.2. The van der Waals surface area contributed by atoms with Crippen LogP contribution in [0.3, 0.4) is 0 Å². The minimum Gasteiger partial charge on any atom is -0.309 e. The molecule has 102 valence electrons. The molecular formula is C13H19N5S. The van der Waals surface area contributed by atoms with E-state index < -0.39 is 0 Å². The van der Waals surface area contributed by atoms with E-state index in [2.05, 4.69) is 39.9 Å². The van der Waals surface area contributed by atoms with Crippen LogP contribution in [0, 0.1) is 6.92 Å². The third-order valence-corrected chi connectivity index (χ3v) is 4.95. The summed E-state index contributed by atoms with van der Waals surface area (Å²) in [5, 5.41) is 13.8. The molecule has 2 aromatic rings. The van der Waals surface area contributed by atoms with Gasteiger partial charge in [0.25, 0.3) is 0 Å². The summed E-state index contributed by atoms with van der Waals surface area (Å²) in [7, 11) is 0. The maximum Gasteiger partial charge on any atom is 0.167 e. The van der Waals surface area contributed by atoms with Crippen molar-refractivity contribution in [3.05, 3.63) is 17.7 Å². The summed E-state index contributed by atoms with van der Waals surface area (Å²) < 4.78 is 4.23. The smallest absolute Gasteiger partial charge is 0.167 e. The molecule has 19 heavy (non-hydrogen) atoms. The highest BCUT2D eigenvalue weighted by atomic mass is 32.2. The molecule has 0 radical (unpaired) electrons. The van der Waals surface area contributed by atoms with Gasteiger partial charge in [0.2, 0.25) is 0 Å². The third kappa shape index (κ3) is 2.08. The summed E-state index contributed by atoms with van der Waals surface area (Å²) in [5.41, 5.74) is 2.14. The first-order valence-corrected chi connectivity index (χ1v) is 7.88. The van der Waals surface area contributed by atoms with Crippen LogP contribution in [0.5, 0.6) is 0 Å². The molecule has 0 bridgehead atoms. The van der Waals surface area contributed by atoms with Crippen molar-refractivity contribution in [2.24, 2.45) is 0 Å². The first-order chi connectivity index (χ1) is 9.24. The van der Waals surface area contributed by atoms with Gasteiger partial charge in [-0.3, -0.25) is 4.68 Å². The van der Waals surface area contributed by atoms with Crippen molar-refractivity contribution in [1.29, 1.82) is 0 Å². The summed E-state index contributed by atoms with van der Waals surface area (Å²) in [5.74, 6) is 3.24. The average molecular weight is 277 g/mol. The number of aromatic nitrogens is 5. The number of hydrogen-bond donors (Lipinski definition) is 0. The van der Waals surface area contributed by atoms with Crippen LogP contribution < -0.4 is 0 Å². The second-order valence-corrected chi connectivity index (χ2v) is 6.10. The zero-order valence-electron chi connectivity index (χ0n) is 11.6. The molecule has 1 atom stereocenters. The van der Waals surface area contributed by atoms with E-state index >= 15 is 0 Å². The molecule has 1 aliphatic rings. The molecule has 3 rings (SSSR count). The monoisotopic (exact) mass is 277 g/mol. The lowest BCUT2D eigenvalue weighted by molar-refractivity contribution is 0.653. The molecule has 0 spiro atoms. The molecule has 6 heteroatoms. The summed E-state index contributed by atoms with van der Waals surface area (Å²) in [6.45, 7) is 8.23. The lowest BCUT2D eigenvalue weighted by Crippen LogP contribution is -2.15. The number of aryl methyl sites for hydroxylation is 2. The van der Waals surface area contributed by atoms with Crippen molar-refractivity contribution in [3.63, 3.8) is 0 Å². The Kier molecular flexibility index (Phi) is 3.35. The van der Waals surface area contributed by atoms with Gasteiger partial charge in [-0.1, -0.05) is 6.92 Å². The van der Waals surface area contributed by atoms with E-state index in [1.165, 1.54) is 0 Å². The SMILES string of the molecule is CCC1SCCn2c(-c3cn(CC)nc3C)nnc21. The molecule has 0 N–H and O–H groups in total. The van der Waals surface area contributed by atoms with E-state index in [-0.39, 0.29) is 0 Å². The fraction of sp³-hybridized carbons (Fsp3) is 0.615. The van der Waals surface area contributed by atoms with Crippen LogP contribution in [-0.2, 0) is 13.1 Å². The summed E-state index contributed by atoms with van der Waals surface area (Å²) in [4.78, 5) is 0. The number of thioether (sulfide) groups is 1. The van der Waals surface area contributed by atoms with E-state index in [1.807, 2.05) is 23.4 Å². The maximum atomic E-state index is 4.50. The molecule has 5 nitrogen and oxygen atoms in total. The Hall–Kier alpha value is -1.30. The largest absolute Gasteiger partial charge is 0.309 e. The quantitative estimate of drug-likeness (QED) is 0.865. The predicted octanol–water partition coefficient (Wildman–Crippen LogP) is 2.67. The molecular weight excluding hydrogens is 258 g/mol. The van der Waals surface area contributed by atoms with Crippen molar-refractivity contribution in [2.45, 2.75) is 45.5 Å². The molecule has 0 fully saturated rings. The Labute approximate surface area is 117 Å². The second kappa shape index (κ2) is 5.00. The summed E-state index contributed by atoms with van der Waals surface area (Å²) in [6, 6.07) is 0. The Balaban J connectivity index is 2.06. The highest BCUT2D eigenvalue weighted by molar-refractivity contribution is 7.99. The van der Waals surface area contributed by atoms with Gasteiger partial charge in [-0.2, -0.15) is 5.10 Å². The first-order valence-electron chi connectivity index (χ1n) is 6.83. The Morgan fingerprint density at radius 3 is 2.89 bits per heavy atom. The Bertz CT molecular complexity index is 586. The van der Waals surface area contributed by atoms with Crippen LogP contribution in [0.25, 0.3) is 11.4 Å². The van der Waals surface area contributed by atoms with Gasteiger partial charge in [-0.05, 0) is 20.3 Å². The van der Waals surface area contributed by atoms with Crippen LogP contribution >= 0.6 is 11.8 Å². The van der Waals surface area contributed by atoms with Crippen molar-refractivity contribution in [1.82, 2.24) is 24.5 Å². The second-order valence-electron chi connectivity index (χ2n) is 4.79. The zero-order valence-corrected chi connectivity index (χ0v) is 12.4. The predicted molar refractivity (Wildman–Crippen MR) is 77.1 cm³/mol. The third-order valence-electron chi connectivity index (χ3n) is 3.58. The van der Waals surface area contributed by atoms with Gasteiger partial charge in [0, 0.05) is 25.0 Å². The maximum absolute atomic E-state index is 4.50. The van der Waals surface area contributed by atoms with E-state index in [0.717, 1.165) is 48.2 Å². The number of hydrogen-bond acceptors (Lipinski definition) is 4. The normalized spacial score (nSPS) is 18.6. The Morgan fingerprint density at radius 1 is 1.37 bits per heavy atom. The van der Waals surface area contributed by atoms with Gasteiger partial charge in [-0.25, -0.2) is 0 Å². The van der Waals surface area contributed by atoms with Crippen LogP contribution in [0.1, 0.15) is 37.0 Å². The van der Waals surface area contributed by atoms with Crippen molar-refractivity contribution >= 4 is 11.8 Å². The van der Waals surface area contributed by atoms with E-state index in [4.69, 9.17) is 0 Å². The molecule has 1 aliphatic heterocycles. The fourth-order valence-corrected chi connectivity index (χ4v) is 3.67. The van der Waals surface area contributed by atoms with Gasteiger partial charge in [0.15, 0.2) is 5.82 Å². The molecule has 0 aromatic carbocycles. The van der Waals surface area contributed by atoms with Gasteiger partial charge < -0.3 is 4.57 Å². The minimum atomic E-state index is 0.483. The van der Waals surface area contributed by atoms with Crippen LogP contribution in [0.4, 0.5) is 0 Å². The minimum absolute atomic E-state index is 0.483. The molecule has 0 aliphatic carbocycles. The highest BCUT2D eigenvalue weighted by Gasteiger charge is 2.26. The van der Waals surface area contributed by atoms with Crippen molar-refractivity contribution in [2.75, 3.05) is 5.75 Å². The summed E-state index contributed by atoms with van der Waals surface area (Å²) in [6.07, 6.45) is 3.19. The van der Waals surface area contributed by atoms with Gasteiger partial charge in [-0.15, -0.1) is 22.0 Å². The summed E-state index contributed by atoms with van der Waals surface area (Å²) >= 11 is 1.98. The molecule has 1 unspecified atom stereocenters. The van der Waals surface area contributed by atoms with E-state index in [9.17, 15) is 0 Å².